The summed E-state index contributed by atoms with van der Waals surface area (Å²) in [6, 6.07) is 4.46. The van der Waals surface area contributed by atoms with Crippen molar-refractivity contribution in [2.45, 2.75) is 17.7 Å². The van der Waals surface area contributed by atoms with Gasteiger partial charge in [-0.05, 0) is 36.1 Å². The Morgan fingerprint density at radius 2 is 2.17 bits per heavy atom. The summed E-state index contributed by atoms with van der Waals surface area (Å²) in [6.07, 6.45) is 1.84. The Morgan fingerprint density at radius 3 is 2.67 bits per heavy atom. The zero-order valence-corrected chi connectivity index (χ0v) is 13.1. The molecule has 1 aromatic carbocycles. The molecule has 0 saturated heterocycles. The molecule has 7 heteroatoms. The SMILES string of the molecule is COc1cc(NC(=O)C2CC2)ccc1S(=O)[O-].[Na+]. The van der Waals surface area contributed by atoms with Crippen LogP contribution in [0.2, 0.25) is 0 Å². The standard InChI is InChI=1S/C11H13NO4S.Na/c1-16-9-6-8(4-5-10(9)17(14)15)12-11(13)7-2-3-7;/h4-7H,2-3H2,1H3,(H,12,13)(H,14,15);/q;+1/p-1. The van der Waals surface area contributed by atoms with Gasteiger partial charge in [0, 0.05) is 17.7 Å². The molecule has 18 heavy (non-hydrogen) atoms. The minimum Gasteiger partial charge on any atom is -0.768 e. The molecule has 1 N–H and O–H groups in total. The molecule has 0 bridgehead atoms. The van der Waals surface area contributed by atoms with Gasteiger partial charge in [-0.25, -0.2) is 0 Å². The molecule has 1 aliphatic rings. The van der Waals surface area contributed by atoms with E-state index >= 15 is 0 Å². The molecule has 0 radical (unpaired) electrons. The summed E-state index contributed by atoms with van der Waals surface area (Å²) >= 11 is -2.35. The first kappa shape index (κ1) is 15.7. The third-order valence-corrected chi connectivity index (χ3v) is 3.26. The number of hydrogen-bond donors (Lipinski definition) is 1. The van der Waals surface area contributed by atoms with Crippen LogP contribution in [0.15, 0.2) is 23.1 Å². The van der Waals surface area contributed by atoms with Gasteiger partial charge in [0.15, 0.2) is 0 Å². The van der Waals surface area contributed by atoms with Crippen molar-refractivity contribution < 1.29 is 47.9 Å². The summed E-state index contributed by atoms with van der Waals surface area (Å²) in [5, 5.41) is 2.72. The summed E-state index contributed by atoms with van der Waals surface area (Å²) in [6.45, 7) is 0. The van der Waals surface area contributed by atoms with Crippen LogP contribution in [0.5, 0.6) is 5.75 Å². The van der Waals surface area contributed by atoms with E-state index in [9.17, 15) is 13.6 Å². The fraction of sp³-hybridized carbons (Fsp3) is 0.364. The number of nitrogens with one attached hydrogen (secondary N) is 1. The van der Waals surface area contributed by atoms with Crippen molar-refractivity contribution in [1.82, 2.24) is 0 Å². The number of hydrogen-bond acceptors (Lipinski definition) is 4. The Bertz CT molecular complexity index is 476. The van der Waals surface area contributed by atoms with Crippen LogP contribution in [0.25, 0.3) is 0 Å². The van der Waals surface area contributed by atoms with Gasteiger partial charge in [0.05, 0.1) is 12.0 Å². The van der Waals surface area contributed by atoms with Crippen molar-refractivity contribution in [1.29, 1.82) is 0 Å². The molecular formula is C11H12NNaO4S. The van der Waals surface area contributed by atoms with E-state index in [1.54, 1.807) is 6.07 Å². The topological polar surface area (TPSA) is 78.5 Å². The number of rotatable bonds is 4. The maximum atomic E-state index is 11.5. The minimum atomic E-state index is -2.35. The molecule has 1 unspecified atom stereocenters. The molecule has 1 saturated carbocycles. The Morgan fingerprint density at radius 1 is 1.50 bits per heavy atom. The van der Waals surface area contributed by atoms with Gasteiger partial charge in [0.1, 0.15) is 5.75 Å². The van der Waals surface area contributed by atoms with Gasteiger partial charge >= 0.3 is 29.6 Å². The van der Waals surface area contributed by atoms with Crippen molar-refractivity contribution in [3.63, 3.8) is 0 Å². The second kappa shape index (κ2) is 6.68. The summed E-state index contributed by atoms with van der Waals surface area (Å²) < 4.78 is 26.7. The van der Waals surface area contributed by atoms with Gasteiger partial charge in [0.2, 0.25) is 5.91 Å². The average Bonchev–Trinajstić information content (AvgIpc) is 3.12. The molecule has 92 valence electrons. The molecule has 0 spiro atoms. The molecule has 1 aromatic rings. The predicted octanol–water partition coefficient (Wildman–Crippen LogP) is -1.71. The number of benzene rings is 1. The number of methoxy groups -OCH3 is 1. The van der Waals surface area contributed by atoms with Gasteiger partial charge < -0.3 is 14.6 Å². The second-order valence-corrected chi connectivity index (χ2v) is 4.77. The van der Waals surface area contributed by atoms with Crippen LogP contribution in [-0.4, -0.2) is 21.8 Å². The van der Waals surface area contributed by atoms with Crippen molar-refractivity contribution in [3.05, 3.63) is 18.2 Å². The Hall–Kier alpha value is -0.400. The zero-order chi connectivity index (χ0) is 12.4. The number of ether oxygens (including phenoxy) is 1. The molecule has 1 aliphatic carbocycles. The first-order valence-electron chi connectivity index (χ1n) is 5.20. The predicted molar refractivity (Wildman–Crippen MR) is 61.5 cm³/mol. The van der Waals surface area contributed by atoms with Crippen molar-refractivity contribution in [3.8, 4) is 5.75 Å². The maximum absolute atomic E-state index is 11.5. The van der Waals surface area contributed by atoms with Gasteiger partial charge in [-0.1, -0.05) is 0 Å². The first-order chi connectivity index (χ1) is 8.11. The molecule has 1 atom stereocenters. The van der Waals surface area contributed by atoms with E-state index in [0.717, 1.165) is 12.8 Å². The molecular weight excluding hydrogens is 265 g/mol. The second-order valence-electron chi connectivity index (χ2n) is 3.86. The van der Waals surface area contributed by atoms with Crippen LogP contribution in [0.3, 0.4) is 0 Å². The van der Waals surface area contributed by atoms with Gasteiger partial charge in [-0.2, -0.15) is 0 Å². The first-order valence-corrected chi connectivity index (χ1v) is 6.27. The fourth-order valence-corrected chi connectivity index (χ4v) is 1.96. The fourth-order valence-electron chi connectivity index (χ4n) is 1.47. The van der Waals surface area contributed by atoms with Crippen LogP contribution in [-0.2, 0) is 15.9 Å². The Kier molecular flexibility index (Phi) is 5.81. The molecule has 0 aromatic heterocycles. The Balaban J connectivity index is 0.00000162. The van der Waals surface area contributed by atoms with E-state index in [0.29, 0.717) is 5.69 Å². The van der Waals surface area contributed by atoms with Crippen LogP contribution < -0.4 is 39.6 Å². The number of anilines is 1. The smallest absolute Gasteiger partial charge is 0.768 e. The quantitative estimate of drug-likeness (QED) is 0.525. The number of amides is 1. The van der Waals surface area contributed by atoms with E-state index < -0.39 is 11.1 Å². The normalized spacial score (nSPS) is 15.4. The maximum Gasteiger partial charge on any atom is 1.00 e. The van der Waals surface area contributed by atoms with Crippen LogP contribution >= 0.6 is 0 Å². The monoisotopic (exact) mass is 277 g/mol. The summed E-state index contributed by atoms with van der Waals surface area (Å²) in [5.74, 6) is 0.310. The molecule has 2 rings (SSSR count). The summed E-state index contributed by atoms with van der Waals surface area (Å²) in [5.41, 5.74) is 0.549. The Labute approximate surface area is 130 Å². The van der Waals surface area contributed by atoms with Gasteiger partial charge in [-0.15, -0.1) is 0 Å². The summed E-state index contributed by atoms with van der Waals surface area (Å²) in [7, 11) is 1.39. The number of carbonyl (C=O) groups excluding carboxylic acids is 1. The third kappa shape index (κ3) is 3.80. The molecule has 0 heterocycles. The molecule has 1 amide bonds. The van der Waals surface area contributed by atoms with Gasteiger partial charge in [-0.3, -0.25) is 9.00 Å². The third-order valence-electron chi connectivity index (χ3n) is 2.56. The molecule has 1 fully saturated rings. The summed E-state index contributed by atoms with van der Waals surface area (Å²) in [4.78, 5) is 11.6. The van der Waals surface area contributed by atoms with Crippen LogP contribution in [0.1, 0.15) is 12.8 Å². The van der Waals surface area contributed by atoms with E-state index in [2.05, 4.69) is 5.32 Å². The minimum absolute atomic E-state index is 0. The molecule has 5 nitrogen and oxygen atoms in total. The van der Waals surface area contributed by atoms with E-state index in [4.69, 9.17) is 4.74 Å². The van der Waals surface area contributed by atoms with E-state index in [1.165, 1.54) is 19.2 Å². The van der Waals surface area contributed by atoms with Crippen molar-refractivity contribution in [2.24, 2.45) is 5.92 Å². The van der Waals surface area contributed by atoms with Gasteiger partial charge in [0.25, 0.3) is 0 Å². The van der Waals surface area contributed by atoms with E-state index in [1.807, 2.05) is 0 Å². The number of carbonyl (C=O) groups is 1. The molecule has 0 aliphatic heterocycles. The zero-order valence-electron chi connectivity index (χ0n) is 10.3. The van der Waals surface area contributed by atoms with Crippen molar-refractivity contribution >= 4 is 22.7 Å². The van der Waals surface area contributed by atoms with Crippen LogP contribution in [0.4, 0.5) is 5.69 Å². The van der Waals surface area contributed by atoms with Crippen molar-refractivity contribution in [2.75, 3.05) is 12.4 Å². The van der Waals surface area contributed by atoms with E-state index in [-0.39, 0.29) is 52.0 Å². The average molecular weight is 277 g/mol. The largest absolute Gasteiger partial charge is 1.00 e. The van der Waals surface area contributed by atoms with Crippen LogP contribution in [0, 0.1) is 5.92 Å².